The van der Waals surface area contributed by atoms with Gasteiger partial charge in [-0.15, -0.1) is 0 Å². The summed E-state index contributed by atoms with van der Waals surface area (Å²) in [5.41, 5.74) is 3.52. The van der Waals surface area contributed by atoms with Crippen LogP contribution in [-0.4, -0.2) is 9.91 Å². The number of rotatable bonds is 8. The fourth-order valence-corrected chi connectivity index (χ4v) is 3.15. The number of nitrogens with one attached hydrogen (secondary N) is 1. The molecule has 0 fully saturated rings. The van der Waals surface area contributed by atoms with Crippen LogP contribution in [0.1, 0.15) is 16.9 Å². The van der Waals surface area contributed by atoms with E-state index in [1.807, 2.05) is 30.3 Å². The summed E-state index contributed by atoms with van der Waals surface area (Å²) in [6.45, 7) is 1.47. The van der Waals surface area contributed by atoms with E-state index in [0.29, 0.717) is 30.7 Å². The molecule has 7 nitrogen and oxygen atoms in total. The SMILES string of the molecule is O=[N+]([O-])c1ccc(NCc2cccc(COCc3ccco3)c2)c2ncccc12. The molecular weight excluding hydrogens is 370 g/mol. The minimum atomic E-state index is -0.389. The number of nitro groups is 1. The van der Waals surface area contributed by atoms with E-state index in [4.69, 9.17) is 9.15 Å². The van der Waals surface area contributed by atoms with Gasteiger partial charge >= 0.3 is 0 Å². The normalized spacial score (nSPS) is 10.9. The molecule has 4 rings (SSSR count). The Morgan fingerprint density at radius 2 is 1.93 bits per heavy atom. The quantitative estimate of drug-likeness (QED) is 0.334. The molecule has 0 bridgehead atoms. The van der Waals surface area contributed by atoms with E-state index in [-0.39, 0.29) is 10.6 Å². The Balaban J connectivity index is 1.44. The summed E-state index contributed by atoms with van der Waals surface area (Å²) in [5, 5.41) is 15.1. The average Bonchev–Trinajstić information content (AvgIpc) is 3.25. The lowest BCUT2D eigenvalue weighted by Crippen LogP contribution is -2.02. The van der Waals surface area contributed by atoms with Crippen LogP contribution in [0.3, 0.4) is 0 Å². The van der Waals surface area contributed by atoms with Crippen LogP contribution in [0.5, 0.6) is 0 Å². The second kappa shape index (κ2) is 8.53. The van der Waals surface area contributed by atoms with Crippen molar-refractivity contribution in [2.75, 3.05) is 5.32 Å². The summed E-state index contributed by atoms with van der Waals surface area (Å²) >= 11 is 0. The Labute approximate surface area is 167 Å². The first-order chi connectivity index (χ1) is 14.2. The molecule has 0 aliphatic rings. The van der Waals surface area contributed by atoms with E-state index in [1.54, 1.807) is 30.7 Å². The molecule has 2 aromatic carbocycles. The maximum absolute atomic E-state index is 11.2. The van der Waals surface area contributed by atoms with E-state index in [1.165, 1.54) is 6.07 Å². The molecule has 0 atom stereocenters. The predicted octanol–water partition coefficient (Wildman–Crippen LogP) is 5.06. The van der Waals surface area contributed by atoms with Crippen molar-refractivity contribution in [3.63, 3.8) is 0 Å². The molecule has 1 N–H and O–H groups in total. The van der Waals surface area contributed by atoms with E-state index < -0.39 is 0 Å². The molecule has 0 aliphatic heterocycles. The van der Waals surface area contributed by atoms with Crippen molar-refractivity contribution in [3.8, 4) is 0 Å². The number of nitrogens with zero attached hydrogens (tertiary/aromatic N) is 2. The van der Waals surface area contributed by atoms with Crippen LogP contribution in [0, 0.1) is 10.1 Å². The molecular formula is C22H19N3O4. The van der Waals surface area contributed by atoms with Crippen molar-refractivity contribution in [2.45, 2.75) is 19.8 Å². The van der Waals surface area contributed by atoms with Gasteiger partial charge in [0.05, 0.1) is 28.9 Å². The molecule has 0 saturated carbocycles. The van der Waals surface area contributed by atoms with Crippen LogP contribution in [0.25, 0.3) is 10.9 Å². The minimum Gasteiger partial charge on any atom is -0.467 e. The van der Waals surface area contributed by atoms with Gasteiger partial charge in [-0.05, 0) is 41.5 Å². The first-order valence-corrected chi connectivity index (χ1v) is 9.14. The van der Waals surface area contributed by atoms with E-state index in [9.17, 15) is 10.1 Å². The number of furan rings is 1. The predicted molar refractivity (Wildman–Crippen MR) is 109 cm³/mol. The number of nitro benzene ring substituents is 1. The zero-order valence-corrected chi connectivity index (χ0v) is 15.6. The number of hydrogen-bond donors (Lipinski definition) is 1. The molecule has 2 heterocycles. The summed E-state index contributed by atoms with van der Waals surface area (Å²) in [5.74, 6) is 0.792. The molecule has 0 radical (unpaired) electrons. The third kappa shape index (κ3) is 4.41. The monoisotopic (exact) mass is 389 g/mol. The summed E-state index contributed by atoms with van der Waals surface area (Å²) in [7, 11) is 0. The number of fused-ring (bicyclic) bond motifs is 1. The first kappa shape index (κ1) is 18.6. The molecule has 4 aromatic rings. The highest BCUT2D eigenvalue weighted by atomic mass is 16.6. The highest BCUT2D eigenvalue weighted by Crippen LogP contribution is 2.30. The number of non-ortho nitro benzene ring substituents is 1. The molecule has 29 heavy (non-hydrogen) atoms. The third-order valence-corrected chi connectivity index (χ3v) is 4.51. The van der Waals surface area contributed by atoms with Gasteiger partial charge < -0.3 is 14.5 Å². The first-order valence-electron chi connectivity index (χ1n) is 9.14. The second-order valence-corrected chi connectivity index (χ2v) is 6.53. The lowest BCUT2D eigenvalue weighted by molar-refractivity contribution is -0.383. The lowest BCUT2D eigenvalue weighted by atomic mass is 10.1. The Hall–Kier alpha value is -3.71. The van der Waals surface area contributed by atoms with Crippen LogP contribution in [-0.2, 0) is 24.5 Å². The lowest BCUT2D eigenvalue weighted by Gasteiger charge is -2.11. The van der Waals surface area contributed by atoms with Crippen LogP contribution < -0.4 is 5.32 Å². The summed E-state index contributed by atoms with van der Waals surface area (Å²) in [6.07, 6.45) is 3.26. The van der Waals surface area contributed by atoms with Gasteiger partial charge in [-0.1, -0.05) is 24.3 Å². The number of ether oxygens (including phenoxy) is 1. The van der Waals surface area contributed by atoms with E-state index in [0.717, 1.165) is 22.6 Å². The van der Waals surface area contributed by atoms with Gasteiger partial charge in [-0.3, -0.25) is 15.1 Å². The molecule has 2 aromatic heterocycles. The molecule has 146 valence electrons. The number of aromatic nitrogens is 1. The Bertz CT molecular complexity index is 1130. The number of hydrogen-bond acceptors (Lipinski definition) is 6. The maximum Gasteiger partial charge on any atom is 0.278 e. The Kier molecular flexibility index (Phi) is 5.49. The molecule has 0 unspecified atom stereocenters. The Morgan fingerprint density at radius 1 is 1.03 bits per heavy atom. The topological polar surface area (TPSA) is 90.4 Å². The number of benzene rings is 2. The van der Waals surface area contributed by atoms with Gasteiger partial charge in [0, 0.05) is 18.8 Å². The number of pyridine rings is 1. The smallest absolute Gasteiger partial charge is 0.278 e. The third-order valence-electron chi connectivity index (χ3n) is 4.51. The van der Waals surface area contributed by atoms with Crippen molar-refractivity contribution in [1.82, 2.24) is 4.98 Å². The van der Waals surface area contributed by atoms with Crippen molar-refractivity contribution in [2.24, 2.45) is 0 Å². The average molecular weight is 389 g/mol. The van der Waals surface area contributed by atoms with Gasteiger partial charge in [0.25, 0.3) is 5.69 Å². The van der Waals surface area contributed by atoms with Gasteiger partial charge in [0.2, 0.25) is 0 Å². The van der Waals surface area contributed by atoms with Crippen molar-refractivity contribution >= 4 is 22.3 Å². The van der Waals surface area contributed by atoms with Crippen LogP contribution in [0.2, 0.25) is 0 Å². The Morgan fingerprint density at radius 3 is 2.76 bits per heavy atom. The second-order valence-electron chi connectivity index (χ2n) is 6.53. The van der Waals surface area contributed by atoms with Gasteiger partial charge in [-0.2, -0.15) is 0 Å². The standard InChI is InChI=1S/C22H19N3O4/c26-25(27)21-9-8-20(22-19(21)7-2-10-23-22)24-13-16-4-1-5-17(12-16)14-28-15-18-6-3-11-29-18/h1-12,24H,13-15H2. The van der Waals surface area contributed by atoms with Crippen LogP contribution >= 0.6 is 0 Å². The van der Waals surface area contributed by atoms with Gasteiger partial charge in [-0.25, -0.2) is 0 Å². The minimum absolute atomic E-state index is 0.0503. The van der Waals surface area contributed by atoms with E-state index >= 15 is 0 Å². The highest BCUT2D eigenvalue weighted by molar-refractivity contribution is 5.96. The summed E-state index contributed by atoms with van der Waals surface area (Å²) < 4.78 is 10.9. The summed E-state index contributed by atoms with van der Waals surface area (Å²) in [6, 6.07) is 18.4. The fourth-order valence-electron chi connectivity index (χ4n) is 3.15. The maximum atomic E-state index is 11.2. The van der Waals surface area contributed by atoms with Crippen LogP contribution in [0.15, 0.2) is 77.5 Å². The van der Waals surface area contributed by atoms with Crippen molar-refractivity contribution in [1.29, 1.82) is 0 Å². The van der Waals surface area contributed by atoms with Crippen molar-refractivity contribution in [3.05, 3.63) is 100 Å². The number of anilines is 1. The zero-order chi connectivity index (χ0) is 20.1. The van der Waals surface area contributed by atoms with E-state index in [2.05, 4.69) is 16.4 Å². The molecule has 0 saturated heterocycles. The molecule has 0 aliphatic carbocycles. The van der Waals surface area contributed by atoms with Gasteiger partial charge in [0.1, 0.15) is 17.9 Å². The highest BCUT2D eigenvalue weighted by Gasteiger charge is 2.14. The molecule has 7 heteroatoms. The van der Waals surface area contributed by atoms with Crippen molar-refractivity contribution < 1.29 is 14.1 Å². The molecule has 0 spiro atoms. The fraction of sp³-hybridized carbons (Fsp3) is 0.136. The van der Waals surface area contributed by atoms with Gasteiger partial charge in [0.15, 0.2) is 0 Å². The van der Waals surface area contributed by atoms with Crippen LogP contribution in [0.4, 0.5) is 11.4 Å². The summed E-state index contributed by atoms with van der Waals surface area (Å²) in [4.78, 5) is 15.2. The largest absolute Gasteiger partial charge is 0.467 e. The zero-order valence-electron chi connectivity index (χ0n) is 15.6. The molecule has 0 amide bonds.